The first-order chi connectivity index (χ1) is 16.1. The molecule has 0 aliphatic heterocycles. The highest BCUT2D eigenvalue weighted by Crippen LogP contribution is 2.19. The van der Waals surface area contributed by atoms with Gasteiger partial charge in [-0.2, -0.15) is 4.72 Å². The Morgan fingerprint density at radius 2 is 1.85 bits per heavy atom. The molecule has 1 aromatic carbocycles. The fourth-order valence-electron chi connectivity index (χ4n) is 3.73. The SMILES string of the molecule is COCC(C)OC(=O)[C@H](CC(C)C)NS(=O)(=O)c1ccc(Cn2c(C)nc3cnccc32)cc1. The number of carbonyl (C=O) groups is 1. The van der Waals surface area contributed by atoms with Gasteiger partial charge in [-0.3, -0.25) is 9.78 Å². The first-order valence-corrected chi connectivity index (χ1v) is 12.7. The van der Waals surface area contributed by atoms with E-state index in [-0.39, 0.29) is 17.4 Å². The number of hydrogen-bond acceptors (Lipinski definition) is 7. The third-order valence-corrected chi connectivity index (χ3v) is 6.81. The standard InChI is InChI=1S/C24H32N4O5S/c1-16(2)12-21(24(29)33-17(3)15-32-5)27-34(30,31)20-8-6-19(7-9-20)14-28-18(4)26-22-13-25-11-10-23(22)28/h6-11,13,16-17,21,27H,12,14-15H2,1-5H3/t17?,21-/m0/s1. The Balaban J connectivity index is 1.76. The van der Waals surface area contributed by atoms with Crippen molar-refractivity contribution in [1.29, 1.82) is 0 Å². The van der Waals surface area contributed by atoms with E-state index in [4.69, 9.17) is 9.47 Å². The molecule has 34 heavy (non-hydrogen) atoms. The Morgan fingerprint density at radius 3 is 2.50 bits per heavy atom. The van der Waals surface area contributed by atoms with E-state index < -0.39 is 28.1 Å². The maximum Gasteiger partial charge on any atom is 0.324 e. The second-order valence-corrected chi connectivity index (χ2v) is 10.5. The fraction of sp³-hybridized carbons (Fsp3) is 0.458. The molecule has 0 saturated heterocycles. The van der Waals surface area contributed by atoms with Crippen molar-refractivity contribution in [3.05, 3.63) is 54.1 Å². The lowest BCUT2D eigenvalue weighted by molar-refractivity contribution is -0.153. The summed E-state index contributed by atoms with van der Waals surface area (Å²) in [5, 5.41) is 0. The summed E-state index contributed by atoms with van der Waals surface area (Å²) in [6, 6.07) is 7.52. The number of imidazole rings is 1. The third kappa shape index (κ3) is 6.40. The van der Waals surface area contributed by atoms with Crippen LogP contribution in [0.15, 0.2) is 47.6 Å². The molecule has 2 heterocycles. The number of ether oxygens (including phenoxy) is 2. The highest BCUT2D eigenvalue weighted by molar-refractivity contribution is 7.89. The van der Waals surface area contributed by atoms with Crippen LogP contribution >= 0.6 is 0 Å². The van der Waals surface area contributed by atoms with Gasteiger partial charge in [0.05, 0.1) is 23.2 Å². The zero-order chi connectivity index (χ0) is 24.9. The smallest absolute Gasteiger partial charge is 0.324 e. The summed E-state index contributed by atoms with van der Waals surface area (Å²) in [4.78, 5) is 21.3. The van der Waals surface area contributed by atoms with Crippen molar-refractivity contribution in [2.24, 2.45) is 5.92 Å². The van der Waals surface area contributed by atoms with Gasteiger partial charge in [0.1, 0.15) is 23.5 Å². The molecule has 1 N–H and O–H groups in total. The lowest BCUT2D eigenvalue weighted by Crippen LogP contribution is -2.43. The van der Waals surface area contributed by atoms with Gasteiger partial charge >= 0.3 is 5.97 Å². The van der Waals surface area contributed by atoms with Crippen molar-refractivity contribution in [2.75, 3.05) is 13.7 Å². The molecule has 2 atom stereocenters. The van der Waals surface area contributed by atoms with Crippen molar-refractivity contribution in [1.82, 2.24) is 19.3 Å². The lowest BCUT2D eigenvalue weighted by Gasteiger charge is -2.21. The van der Waals surface area contributed by atoms with Crippen molar-refractivity contribution in [3.63, 3.8) is 0 Å². The highest BCUT2D eigenvalue weighted by atomic mass is 32.2. The number of esters is 1. The monoisotopic (exact) mass is 488 g/mol. The van der Waals surface area contributed by atoms with E-state index in [1.54, 1.807) is 43.6 Å². The molecule has 0 fully saturated rings. The van der Waals surface area contributed by atoms with Crippen LogP contribution in [0.4, 0.5) is 0 Å². The van der Waals surface area contributed by atoms with E-state index in [1.165, 1.54) is 7.11 Å². The summed E-state index contributed by atoms with van der Waals surface area (Å²) in [5.41, 5.74) is 2.69. The van der Waals surface area contributed by atoms with Crippen LogP contribution in [-0.4, -0.2) is 54.8 Å². The first kappa shape index (κ1) is 25.8. The maximum atomic E-state index is 13.0. The molecule has 0 amide bonds. The molecule has 0 radical (unpaired) electrons. The van der Waals surface area contributed by atoms with Crippen molar-refractivity contribution >= 4 is 27.0 Å². The molecule has 0 bridgehead atoms. The Kier molecular flexibility index (Phi) is 8.40. The number of methoxy groups -OCH3 is 1. The van der Waals surface area contributed by atoms with Crippen LogP contribution < -0.4 is 4.72 Å². The minimum absolute atomic E-state index is 0.0826. The van der Waals surface area contributed by atoms with Crippen LogP contribution in [0.3, 0.4) is 0 Å². The Bertz CT molecular complexity index is 1220. The van der Waals surface area contributed by atoms with Crippen LogP contribution in [0.25, 0.3) is 11.0 Å². The summed E-state index contributed by atoms with van der Waals surface area (Å²) in [5.74, 6) is 0.318. The molecular weight excluding hydrogens is 456 g/mol. The summed E-state index contributed by atoms with van der Waals surface area (Å²) >= 11 is 0. The van der Waals surface area contributed by atoms with Gasteiger partial charge in [-0.25, -0.2) is 13.4 Å². The normalized spacial score (nSPS) is 13.8. The molecule has 3 aromatic rings. The summed E-state index contributed by atoms with van der Waals surface area (Å²) in [7, 11) is -2.42. The first-order valence-electron chi connectivity index (χ1n) is 11.2. The third-order valence-electron chi connectivity index (χ3n) is 5.32. The number of aromatic nitrogens is 3. The zero-order valence-corrected chi connectivity index (χ0v) is 21.0. The van der Waals surface area contributed by atoms with Crippen LogP contribution in [0, 0.1) is 12.8 Å². The number of fused-ring (bicyclic) bond motifs is 1. The average Bonchev–Trinajstić information content (AvgIpc) is 3.08. The average molecular weight is 489 g/mol. The van der Waals surface area contributed by atoms with Gasteiger partial charge in [-0.15, -0.1) is 0 Å². The van der Waals surface area contributed by atoms with E-state index in [9.17, 15) is 13.2 Å². The number of aryl methyl sites for hydroxylation is 1. The summed E-state index contributed by atoms with van der Waals surface area (Å²) in [6.07, 6.45) is 3.27. The predicted molar refractivity (Wildman–Crippen MR) is 129 cm³/mol. The van der Waals surface area contributed by atoms with Gasteiger partial charge in [-0.1, -0.05) is 26.0 Å². The lowest BCUT2D eigenvalue weighted by atomic mass is 10.0. The minimum Gasteiger partial charge on any atom is -0.459 e. The zero-order valence-electron chi connectivity index (χ0n) is 20.2. The number of carbonyl (C=O) groups excluding carboxylic acids is 1. The molecule has 2 aromatic heterocycles. The van der Waals surface area contributed by atoms with Gasteiger partial charge in [-0.05, 0) is 49.9 Å². The number of pyridine rings is 1. The maximum absolute atomic E-state index is 13.0. The molecule has 0 aliphatic rings. The number of nitrogens with one attached hydrogen (secondary N) is 1. The molecule has 10 heteroatoms. The largest absolute Gasteiger partial charge is 0.459 e. The molecule has 0 aliphatic carbocycles. The van der Waals surface area contributed by atoms with E-state index in [2.05, 4.69) is 19.3 Å². The highest BCUT2D eigenvalue weighted by Gasteiger charge is 2.29. The van der Waals surface area contributed by atoms with Crippen molar-refractivity contribution in [3.8, 4) is 0 Å². The molecule has 3 rings (SSSR count). The fourth-order valence-corrected chi connectivity index (χ4v) is 4.92. The van der Waals surface area contributed by atoms with Crippen molar-refractivity contribution < 1.29 is 22.7 Å². The van der Waals surface area contributed by atoms with E-state index in [0.29, 0.717) is 13.0 Å². The Labute approximate surface area is 200 Å². The topological polar surface area (TPSA) is 112 Å². The van der Waals surface area contributed by atoms with Gasteiger partial charge in [0.15, 0.2) is 0 Å². The summed E-state index contributed by atoms with van der Waals surface area (Å²) < 4.78 is 41.0. The molecule has 184 valence electrons. The van der Waals surface area contributed by atoms with E-state index in [0.717, 1.165) is 22.4 Å². The Hall–Kier alpha value is -2.82. The number of nitrogens with zero attached hydrogens (tertiary/aromatic N) is 3. The molecule has 0 spiro atoms. The molecule has 9 nitrogen and oxygen atoms in total. The minimum atomic E-state index is -3.93. The van der Waals surface area contributed by atoms with Crippen LogP contribution in [0.2, 0.25) is 0 Å². The van der Waals surface area contributed by atoms with E-state index in [1.807, 2.05) is 26.8 Å². The predicted octanol–water partition coefficient (Wildman–Crippen LogP) is 3.06. The second-order valence-electron chi connectivity index (χ2n) is 8.76. The quantitative estimate of drug-likeness (QED) is 0.413. The van der Waals surface area contributed by atoms with E-state index >= 15 is 0 Å². The van der Waals surface area contributed by atoms with Gasteiger partial charge < -0.3 is 14.0 Å². The molecule has 1 unspecified atom stereocenters. The van der Waals surface area contributed by atoms with Crippen molar-refractivity contribution in [2.45, 2.75) is 57.7 Å². The van der Waals surface area contributed by atoms with Gasteiger partial charge in [0.25, 0.3) is 0 Å². The summed E-state index contributed by atoms with van der Waals surface area (Å²) in [6.45, 7) is 8.23. The van der Waals surface area contributed by atoms with Gasteiger partial charge in [0.2, 0.25) is 10.0 Å². The number of sulfonamides is 1. The van der Waals surface area contributed by atoms with Crippen LogP contribution in [-0.2, 0) is 30.8 Å². The molecule has 0 saturated carbocycles. The van der Waals surface area contributed by atoms with Crippen LogP contribution in [0.1, 0.15) is 38.6 Å². The number of hydrogen-bond donors (Lipinski definition) is 1. The Morgan fingerprint density at radius 1 is 1.15 bits per heavy atom. The number of benzene rings is 1. The van der Waals surface area contributed by atoms with Crippen LogP contribution in [0.5, 0.6) is 0 Å². The second kappa shape index (κ2) is 11.1. The van der Waals surface area contributed by atoms with Gasteiger partial charge in [0, 0.05) is 19.9 Å². The molecular formula is C24H32N4O5S. The number of rotatable bonds is 11.